The van der Waals surface area contributed by atoms with E-state index in [1.54, 1.807) is 0 Å². The number of rotatable bonds is 41. The fourth-order valence-corrected chi connectivity index (χ4v) is 6.90. The van der Waals surface area contributed by atoms with Crippen molar-refractivity contribution in [1.29, 1.82) is 0 Å². The Bertz CT molecular complexity index is 996. The van der Waals surface area contributed by atoms with Gasteiger partial charge in [-0.25, -0.2) is 4.57 Å². The van der Waals surface area contributed by atoms with Crippen molar-refractivity contribution < 1.29 is 42.1 Å². The average molecular weight is 801 g/mol. The van der Waals surface area contributed by atoms with E-state index in [-0.39, 0.29) is 32.0 Å². The van der Waals surface area contributed by atoms with Crippen LogP contribution in [0.4, 0.5) is 0 Å². The SMILES string of the molecule is CCCCC/C=C\C/C=C\CCCCCCCCCC(=O)OC[C@H](COP(=O)(O)OCC[N+](C)(C)C)OC(=O)CCCCCCCCCCCCCCCC. The van der Waals surface area contributed by atoms with Gasteiger partial charge < -0.3 is 18.9 Å². The van der Waals surface area contributed by atoms with Crippen LogP contribution < -0.4 is 0 Å². The van der Waals surface area contributed by atoms with Crippen LogP contribution in [0.5, 0.6) is 0 Å². The molecular formula is C45H87NO8P+. The molecule has 0 bridgehead atoms. The topological polar surface area (TPSA) is 108 Å². The van der Waals surface area contributed by atoms with Gasteiger partial charge in [-0.1, -0.05) is 167 Å². The molecule has 0 aromatic rings. The largest absolute Gasteiger partial charge is 0.472 e. The molecule has 324 valence electrons. The van der Waals surface area contributed by atoms with E-state index in [0.29, 0.717) is 17.4 Å². The van der Waals surface area contributed by atoms with Crippen molar-refractivity contribution in [3.8, 4) is 0 Å². The Kier molecular flexibility index (Phi) is 37.0. The van der Waals surface area contributed by atoms with Gasteiger partial charge in [0.25, 0.3) is 0 Å². The molecule has 9 nitrogen and oxygen atoms in total. The molecule has 0 aliphatic rings. The van der Waals surface area contributed by atoms with Gasteiger partial charge in [0.2, 0.25) is 0 Å². The van der Waals surface area contributed by atoms with Crippen molar-refractivity contribution in [3.05, 3.63) is 24.3 Å². The van der Waals surface area contributed by atoms with Gasteiger partial charge in [-0.2, -0.15) is 0 Å². The lowest BCUT2D eigenvalue weighted by atomic mass is 10.0. The number of ether oxygens (including phenoxy) is 2. The van der Waals surface area contributed by atoms with Crippen LogP contribution >= 0.6 is 7.82 Å². The van der Waals surface area contributed by atoms with Crippen LogP contribution in [0.2, 0.25) is 0 Å². The van der Waals surface area contributed by atoms with E-state index in [1.165, 1.54) is 116 Å². The van der Waals surface area contributed by atoms with Gasteiger partial charge in [0.05, 0.1) is 27.7 Å². The van der Waals surface area contributed by atoms with Crippen molar-refractivity contribution in [2.75, 3.05) is 47.5 Å². The highest BCUT2D eigenvalue weighted by atomic mass is 31.2. The van der Waals surface area contributed by atoms with E-state index in [9.17, 15) is 19.0 Å². The molecule has 0 fully saturated rings. The first-order valence-electron chi connectivity index (χ1n) is 22.6. The van der Waals surface area contributed by atoms with Gasteiger partial charge in [0.15, 0.2) is 6.10 Å². The number of carbonyl (C=O) groups is 2. The summed E-state index contributed by atoms with van der Waals surface area (Å²) < 4.78 is 34.3. The van der Waals surface area contributed by atoms with E-state index in [1.807, 2.05) is 21.1 Å². The Morgan fingerprint density at radius 1 is 0.564 bits per heavy atom. The molecule has 0 saturated heterocycles. The summed E-state index contributed by atoms with van der Waals surface area (Å²) in [5.74, 6) is -0.800. The molecule has 0 spiro atoms. The smallest absolute Gasteiger partial charge is 0.462 e. The minimum atomic E-state index is -4.37. The maximum atomic E-state index is 12.7. The van der Waals surface area contributed by atoms with Crippen LogP contribution in [-0.2, 0) is 32.7 Å². The summed E-state index contributed by atoms with van der Waals surface area (Å²) in [7, 11) is 1.48. The molecular weight excluding hydrogens is 713 g/mol. The lowest BCUT2D eigenvalue weighted by molar-refractivity contribution is -0.870. The van der Waals surface area contributed by atoms with E-state index in [0.717, 1.165) is 51.4 Å². The zero-order chi connectivity index (χ0) is 40.7. The molecule has 10 heteroatoms. The molecule has 0 radical (unpaired) electrons. The Balaban J connectivity index is 4.33. The maximum Gasteiger partial charge on any atom is 0.472 e. The Hall–Kier alpha value is -1.51. The van der Waals surface area contributed by atoms with E-state index < -0.39 is 26.5 Å². The Labute approximate surface area is 339 Å². The number of phosphoric ester groups is 1. The number of esters is 2. The van der Waals surface area contributed by atoms with Gasteiger partial charge in [-0.3, -0.25) is 18.6 Å². The number of likely N-dealkylation sites (N-methyl/N-ethyl adjacent to an activating group) is 1. The predicted octanol–water partition coefficient (Wildman–Crippen LogP) is 12.7. The molecule has 0 aliphatic carbocycles. The first kappa shape index (κ1) is 53.5. The van der Waals surface area contributed by atoms with Crippen LogP contribution in [-0.4, -0.2) is 74.9 Å². The average Bonchev–Trinajstić information content (AvgIpc) is 3.13. The minimum Gasteiger partial charge on any atom is -0.462 e. The van der Waals surface area contributed by atoms with Gasteiger partial charge in [-0.15, -0.1) is 0 Å². The summed E-state index contributed by atoms with van der Waals surface area (Å²) in [5, 5.41) is 0. The number of hydrogen-bond acceptors (Lipinski definition) is 7. The number of phosphoric acid groups is 1. The summed E-state index contributed by atoms with van der Waals surface area (Å²) in [5.41, 5.74) is 0. The zero-order valence-electron chi connectivity index (χ0n) is 36.4. The molecule has 1 N–H and O–H groups in total. The van der Waals surface area contributed by atoms with Gasteiger partial charge in [0, 0.05) is 12.8 Å². The van der Waals surface area contributed by atoms with Crippen molar-refractivity contribution in [1.82, 2.24) is 0 Å². The normalized spacial score (nSPS) is 13.8. The highest BCUT2D eigenvalue weighted by molar-refractivity contribution is 7.47. The van der Waals surface area contributed by atoms with Crippen molar-refractivity contribution in [2.45, 2.75) is 206 Å². The third kappa shape index (κ3) is 41.9. The summed E-state index contributed by atoms with van der Waals surface area (Å²) in [6, 6.07) is 0. The fraction of sp³-hybridized carbons (Fsp3) is 0.867. The van der Waals surface area contributed by atoms with Crippen molar-refractivity contribution in [3.63, 3.8) is 0 Å². The minimum absolute atomic E-state index is 0.0323. The number of nitrogens with zero attached hydrogens (tertiary/aromatic N) is 1. The number of allylic oxidation sites excluding steroid dienone is 4. The second-order valence-corrected chi connectivity index (χ2v) is 17.9. The molecule has 0 aromatic carbocycles. The van der Waals surface area contributed by atoms with Gasteiger partial charge in [-0.05, 0) is 44.9 Å². The third-order valence-corrected chi connectivity index (χ3v) is 10.7. The highest BCUT2D eigenvalue weighted by Gasteiger charge is 2.27. The van der Waals surface area contributed by atoms with E-state index in [4.69, 9.17) is 18.5 Å². The lowest BCUT2D eigenvalue weighted by Crippen LogP contribution is -2.37. The van der Waals surface area contributed by atoms with E-state index >= 15 is 0 Å². The molecule has 0 saturated carbocycles. The standard InChI is InChI=1S/C45H86NO8P/c1-6-8-10-12-14-16-18-20-22-23-24-26-27-29-31-33-35-37-44(47)51-41-43(42-53-55(49,50)52-40-39-46(3,4)5)54-45(48)38-36-34-32-30-28-25-21-19-17-15-13-11-9-7-2/h14,16,20,22,43H,6-13,15,17-19,21,23-42H2,1-5H3/p+1/b16-14-,22-20-/t43-/m1/s1. The van der Waals surface area contributed by atoms with Gasteiger partial charge in [0.1, 0.15) is 19.8 Å². The van der Waals surface area contributed by atoms with Crippen LogP contribution in [0, 0.1) is 0 Å². The molecule has 1 unspecified atom stereocenters. The molecule has 0 aromatic heterocycles. The van der Waals surface area contributed by atoms with Crippen LogP contribution in [0.25, 0.3) is 0 Å². The second kappa shape index (κ2) is 38.0. The van der Waals surface area contributed by atoms with Crippen LogP contribution in [0.15, 0.2) is 24.3 Å². The van der Waals surface area contributed by atoms with Crippen molar-refractivity contribution >= 4 is 19.8 Å². The summed E-state index contributed by atoms with van der Waals surface area (Å²) in [6.45, 7) is 4.40. The first-order chi connectivity index (χ1) is 26.5. The van der Waals surface area contributed by atoms with E-state index in [2.05, 4.69) is 38.2 Å². The fourth-order valence-electron chi connectivity index (χ4n) is 6.16. The Morgan fingerprint density at radius 2 is 0.982 bits per heavy atom. The Morgan fingerprint density at radius 3 is 1.47 bits per heavy atom. The van der Waals surface area contributed by atoms with Crippen LogP contribution in [0.1, 0.15) is 200 Å². The predicted molar refractivity (Wildman–Crippen MR) is 229 cm³/mol. The summed E-state index contributed by atoms with van der Waals surface area (Å²) in [4.78, 5) is 35.4. The number of unbranched alkanes of at least 4 members (excludes halogenated alkanes) is 23. The lowest BCUT2D eigenvalue weighted by Gasteiger charge is -2.24. The maximum absolute atomic E-state index is 12.7. The molecule has 0 amide bonds. The number of quaternary nitrogens is 1. The quantitative estimate of drug-likeness (QED) is 0.0214. The molecule has 0 rings (SSSR count). The molecule has 55 heavy (non-hydrogen) atoms. The second-order valence-electron chi connectivity index (χ2n) is 16.4. The first-order valence-corrected chi connectivity index (χ1v) is 24.1. The summed E-state index contributed by atoms with van der Waals surface area (Å²) in [6.07, 6.45) is 40.7. The molecule has 0 heterocycles. The monoisotopic (exact) mass is 801 g/mol. The number of carbonyl (C=O) groups excluding carboxylic acids is 2. The van der Waals surface area contributed by atoms with Gasteiger partial charge >= 0.3 is 19.8 Å². The summed E-state index contributed by atoms with van der Waals surface area (Å²) >= 11 is 0. The van der Waals surface area contributed by atoms with Crippen LogP contribution in [0.3, 0.4) is 0 Å². The molecule has 0 aliphatic heterocycles. The zero-order valence-corrected chi connectivity index (χ0v) is 37.3. The van der Waals surface area contributed by atoms with Crippen molar-refractivity contribution in [2.24, 2.45) is 0 Å². The third-order valence-electron chi connectivity index (χ3n) is 9.73. The number of hydrogen-bond donors (Lipinski definition) is 1. The highest BCUT2D eigenvalue weighted by Crippen LogP contribution is 2.43. The molecule has 2 atom stereocenters.